The number of hydrogen-bond donors (Lipinski definition) is 0. The second kappa shape index (κ2) is 10.6. The summed E-state index contributed by atoms with van der Waals surface area (Å²) >= 11 is 0. The van der Waals surface area contributed by atoms with Gasteiger partial charge in [0.25, 0.3) is 0 Å². The summed E-state index contributed by atoms with van der Waals surface area (Å²) in [6.45, 7) is 4.57. The molecule has 11 heteroatoms. The quantitative estimate of drug-likeness (QED) is 0.341. The van der Waals surface area contributed by atoms with Crippen molar-refractivity contribution < 1.29 is 42.9 Å². The molecule has 1 aliphatic heterocycles. The Morgan fingerprint density at radius 1 is 0.808 bits per heavy atom. The average molecular weight is 410 g/mol. The first-order valence-corrected chi connectivity index (χ1v) is 10.3. The Kier molecular flexibility index (Phi) is 9.23. The summed E-state index contributed by atoms with van der Waals surface area (Å²) in [5, 5.41) is 0. The molecular weight excluding hydrogens is 388 g/mol. The Labute approximate surface area is 159 Å². The first-order chi connectivity index (χ1) is 12.1. The molecule has 1 fully saturated rings. The molecule has 0 aromatic heterocycles. The normalized spacial score (nSPS) is 28.0. The molecule has 0 aromatic carbocycles. The summed E-state index contributed by atoms with van der Waals surface area (Å²) in [5.74, 6) is -2.45. The van der Waals surface area contributed by atoms with Crippen molar-refractivity contribution in [1.82, 2.24) is 0 Å². The molecular formula is C15H22O9S2. The van der Waals surface area contributed by atoms with Crippen molar-refractivity contribution in [3.05, 3.63) is 0 Å². The van der Waals surface area contributed by atoms with Crippen molar-refractivity contribution in [2.45, 2.75) is 57.5 Å². The lowest BCUT2D eigenvalue weighted by Gasteiger charge is -2.43. The Bertz CT molecular complexity index is 539. The third kappa shape index (κ3) is 7.04. The van der Waals surface area contributed by atoms with Crippen LogP contribution in [0.5, 0.6) is 0 Å². The molecule has 0 unspecified atom stereocenters. The topological polar surface area (TPSA) is 114 Å². The van der Waals surface area contributed by atoms with E-state index in [9.17, 15) is 19.2 Å². The van der Waals surface area contributed by atoms with Gasteiger partial charge in [-0.25, -0.2) is 0 Å². The molecule has 0 amide bonds. The van der Waals surface area contributed by atoms with E-state index in [1.54, 1.807) is 6.26 Å². The van der Waals surface area contributed by atoms with Crippen molar-refractivity contribution in [3.8, 4) is 0 Å². The van der Waals surface area contributed by atoms with Gasteiger partial charge in [0.2, 0.25) is 0 Å². The smallest absolute Gasteiger partial charge is 0.303 e. The number of carbonyl (C=O) groups is 4. The molecule has 0 aliphatic carbocycles. The van der Waals surface area contributed by atoms with E-state index in [1.807, 2.05) is 0 Å². The first kappa shape index (κ1) is 22.6. The molecule has 9 nitrogen and oxygen atoms in total. The summed E-state index contributed by atoms with van der Waals surface area (Å²) in [6, 6.07) is 0. The van der Waals surface area contributed by atoms with Crippen LogP contribution in [0.25, 0.3) is 0 Å². The van der Waals surface area contributed by atoms with Gasteiger partial charge in [-0.15, -0.1) is 0 Å². The lowest BCUT2D eigenvalue weighted by atomic mass is 9.99. The van der Waals surface area contributed by atoms with Gasteiger partial charge in [0.15, 0.2) is 23.7 Å². The third-order valence-electron chi connectivity index (χ3n) is 3.14. The van der Waals surface area contributed by atoms with Gasteiger partial charge in [0, 0.05) is 27.7 Å². The Morgan fingerprint density at radius 3 is 1.77 bits per heavy atom. The molecule has 26 heavy (non-hydrogen) atoms. The highest BCUT2D eigenvalue weighted by atomic mass is 33.1. The van der Waals surface area contributed by atoms with Crippen LogP contribution in [0.15, 0.2) is 0 Å². The maximum Gasteiger partial charge on any atom is 0.303 e. The first-order valence-electron chi connectivity index (χ1n) is 7.65. The maximum atomic E-state index is 11.6. The fourth-order valence-electron chi connectivity index (χ4n) is 2.36. The Morgan fingerprint density at radius 2 is 1.31 bits per heavy atom. The molecule has 0 saturated carbocycles. The molecule has 1 rings (SSSR count). The van der Waals surface area contributed by atoms with E-state index in [0.29, 0.717) is 0 Å². The SMILES string of the molecule is CSS[C@@H]1O[C@H](COC(C)=O)[C@@H](OC(C)=O)[C@H](OC(C)=O)[C@H]1OC(C)=O. The van der Waals surface area contributed by atoms with Gasteiger partial charge in [-0.05, 0) is 6.26 Å². The number of hydrogen-bond acceptors (Lipinski definition) is 11. The van der Waals surface area contributed by atoms with Crippen LogP contribution in [-0.4, -0.2) is 66.6 Å². The average Bonchev–Trinajstić information content (AvgIpc) is 2.50. The summed E-state index contributed by atoms with van der Waals surface area (Å²) in [4.78, 5) is 45.7. The van der Waals surface area contributed by atoms with Gasteiger partial charge in [-0.2, -0.15) is 0 Å². The van der Waals surface area contributed by atoms with Crippen LogP contribution >= 0.6 is 21.6 Å². The van der Waals surface area contributed by atoms with Gasteiger partial charge in [-0.1, -0.05) is 21.6 Å². The molecule has 1 aliphatic rings. The van der Waals surface area contributed by atoms with Crippen LogP contribution in [0.3, 0.4) is 0 Å². The molecule has 148 valence electrons. The fourth-order valence-corrected chi connectivity index (χ4v) is 4.09. The molecule has 1 heterocycles. The van der Waals surface area contributed by atoms with Crippen LogP contribution in [0, 0.1) is 0 Å². The van der Waals surface area contributed by atoms with Crippen molar-refractivity contribution in [2.75, 3.05) is 12.9 Å². The predicted molar refractivity (Wildman–Crippen MR) is 93.1 cm³/mol. The van der Waals surface area contributed by atoms with Crippen LogP contribution in [0.2, 0.25) is 0 Å². The number of esters is 4. The zero-order valence-corrected chi connectivity index (χ0v) is 16.7. The standard InChI is InChI=1S/C15H22O9S2/c1-7(16)20-6-11-12(21-8(2)17)13(22-9(3)18)14(23-10(4)19)15(24-11)26-25-5/h11-15H,6H2,1-5H3/t11-,12-,13+,14-,15+/m1/s1. The van der Waals surface area contributed by atoms with E-state index in [0.717, 1.165) is 0 Å². The van der Waals surface area contributed by atoms with Crippen molar-refractivity contribution in [1.29, 1.82) is 0 Å². The maximum absolute atomic E-state index is 11.6. The van der Waals surface area contributed by atoms with Crippen LogP contribution in [0.4, 0.5) is 0 Å². The van der Waals surface area contributed by atoms with E-state index in [1.165, 1.54) is 49.3 Å². The van der Waals surface area contributed by atoms with Crippen LogP contribution < -0.4 is 0 Å². The van der Waals surface area contributed by atoms with E-state index < -0.39 is 53.7 Å². The fraction of sp³-hybridized carbons (Fsp3) is 0.733. The second-order valence-corrected chi connectivity index (χ2v) is 7.90. The highest BCUT2D eigenvalue weighted by molar-refractivity contribution is 8.76. The molecule has 0 radical (unpaired) electrons. The minimum atomic E-state index is -1.11. The highest BCUT2D eigenvalue weighted by Crippen LogP contribution is 2.38. The number of ether oxygens (including phenoxy) is 5. The monoisotopic (exact) mass is 410 g/mol. The summed E-state index contributed by atoms with van der Waals surface area (Å²) in [7, 11) is 2.58. The summed E-state index contributed by atoms with van der Waals surface area (Å²) in [6.07, 6.45) is -2.34. The molecule has 0 bridgehead atoms. The largest absolute Gasteiger partial charge is 0.463 e. The van der Waals surface area contributed by atoms with Gasteiger partial charge in [-0.3, -0.25) is 19.2 Å². The Hall–Kier alpha value is -1.46. The van der Waals surface area contributed by atoms with Crippen molar-refractivity contribution in [3.63, 3.8) is 0 Å². The predicted octanol–water partition coefficient (Wildman–Crippen LogP) is 1.08. The second-order valence-electron chi connectivity index (χ2n) is 5.33. The zero-order chi connectivity index (χ0) is 19.9. The Balaban J connectivity index is 3.22. The minimum Gasteiger partial charge on any atom is -0.463 e. The highest BCUT2D eigenvalue weighted by Gasteiger charge is 2.52. The van der Waals surface area contributed by atoms with Crippen molar-refractivity contribution >= 4 is 45.5 Å². The third-order valence-corrected chi connectivity index (χ3v) is 5.05. The molecule has 5 atom stereocenters. The van der Waals surface area contributed by atoms with Gasteiger partial charge >= 0.3 is 23.9 Å². The lowest BCUT2D eigenvalue weighted by molar-refractivity contribution is -0.237. The van der Waals surface area contributed by atoms with E-state index in [2.05, 4.69) is 0 Å². The van der Waals surface area contributed by atoms with E-state index >= 15 is 0 Å². The van der Waals surface area contributed by atoms with Crippen LogP contribution in [0.1, 0.15) is 27.7 Å². The van der Waals surface area contributed by atoms with Gasteiger partial charge in [0.1, 0.15) is 12.7 Å². The molecule has 1 saturated heterocycles. The zero-order valence-electron chi connectivity index (χ0n) is 15.1. The minimum absolute atomic E-state index is 0.219. The summed E-state index contributed by atoms with van der Waals surface area (Å²) < 4.78 is 26.6. The van der Waals surface area contributed by atoms with E-state index in [4.69, 9.17) is 23.7 Å². The van der Waals surface area contributed by atoms with Gasteiger partial charge < -0.3 is 23.7 Å². The van der Waals surface area contributed by atoms with Crippen molar-refractivity contribution in [2.24, 2.45) is 0 Å². The van der Waals surface area contributed by atoms with Crippen LogP contribution in [-0.2, 0) is 42.9 Å². The summed E-state index contributed by atoms with van der Waals surface area (Å²) in [5.41, 5.74) is -0.731. The lowest BCUT2D eigenvalue weighted by Crippen LogP contribution is -2.61. The van der Waals surface area contributed by atoms with E-state index in [-0.39, 0.29) is 6.61 Å². The molecule has 0 N–H and O–H groups in total. The number of rotatable bonds is 7. The molecule has 0 spiro atoms. The molecule has 0 aromatic rings. The van der Waals surface area contributed by atoms with Gasteiger partial charge in [0.05, 0.1) is 0 Å². The number of carbonyl (C=O) groups excluding carboxylic acids is 4.